The van der Waals surface area contributed by atoms with Gasteiger partial charge in [0.25, 0.3) is 21.6 Å². The molecule has 0 unspecified atom stereocenters. The van der Waals surface area contributed by atoms with E-state index >= 15 is 0 Å². The summed E-state index contributed by atoms with van der Waals surface area (Å²) in [5, 5.41) is 10.5. The van der Waals surface area contributed by atoms with Crippen molar-refractivity contribution in [3.8, 4) is 5.75 Å². The number of hydrogen-bond acceptors (Lipinski definition) is 6. The summed E-state index contributed by atoms with van der Waals surface area (Å²) in [7, 11) is -4.27. The molecule has 2 N–H and O–H groups in total. The zero-order valence-electron chi connectivity index (χ0n) is 13.1. The number of rotatable bonds is 6. The first-order chi connectivity index (χ1) is 12.5. The van der Waals surface area contributed by atoms with E-state index in [4.69, 9.17) is 0 Å². The fourth-order valence-corrected chi connectivity index (χ4v) is 2.64. The van der Waals surface area contributed by atoms with Crippen molar-refractivity contribution in [2.75, 3.05) is 0 Å². The Balaban J connectivity index is 2.03. The zero-order valence-corrected chi connectivity index (χ0v) is 13.9. The Hall–Kier alpha value is -3.19. The van der Waals surface area contributed by atoms with E-state index in [0.717, 1.165) is 48.5 Å². The molecule has 144 valence electrons. The normalized spacial score (nSPS) is 11.7. The minimum Gasteiger partial charge on any atom is -0.406 e. The van der Waals surface area contributed by atoms with Crippen LogP contribution in [-0.2, 0) is 10.0 Å². The number of alkyl halides is 3. The maximum atomic E-state index is 12.1. The molecule has 0 saturated carbocycles. The molecular formula is C14H10F3N3O6S. The molecule has 1 amide bonds. The number of hydrogen-bond donors (Lipinski definition) is 2. The number of carbonyl (C=O) groups is 1. The van der Waals surface area contributed by atoms with Crippen LogP contribution in [-0.4, -0.2) is 25.6 Å². The van der Waals surface area contributed by atoms with Crippen molar-refractivity contribution in [2.45, 2.75) is 11.3 Å². The Morgan fingerprint density at radius 1 is 1.04 bits per heavy atom. The molecule has 0 atom stereocenters. The van der Waals surface area contributed by atoms with E-state index < -0.39 is 37.9 Å². The summed E-state index contributed by atoms with van der Waals surface area (Å²) in [5.41, 5.74) is 1.57. The number of ether oxygens (including phenoxy) is 1. The quantitative estimate of drug-likeness (QED) is 0.560. The van der Waals surface area contributed by atoms with Crippen LogP contribution in [0.2, 0.25) is 0 Å². The van der Waals surface area contributed by atoms with Crippen LogP contribution in [0.25, 0.3) is 0 Å². The minimum absolute atomic E-state index is 0.0581. The van der Waals surface area contributed by atoms with Crippen LogP contribution in [0.4, 0.5) is 18.9 Å². The summed E-state index contributed by atoms with van der Waals surface area (Å²) in [6, 6.07) is 7.63. The van der Waals surface area contributed by atoms with Crippen LogP contribution in [0.1, 0.15) is 10.4 Å². The number of nitrogens with zero attached hydrogens (tertiary/aromatic N) is 1. The second kappa shape index (κ2) is 7.59. The molecule has 0 aromatic heterocycles. The lowest BCUT2D eigenvalue weighted by atomic mass is 10.2. The van der Waals surface area contributed by atoms with Crippen molar-refractivity contribution >= 4 is 21.6 Å². The molecule has 0 bridgehead atoms. The van der Waals surface area contributed by atoms with Crippen LogP contribution >= 0.6 is 0 Å². The predicted octanol–water partition coefficient (Wildman–Crippen LogP) is 2.12. The largest absolute Gasteiger partial charge is 0.573 e. The van der Waals surface area contributed by atoms with Gasteiger partial charge in [-0.2, -0.15) is 0 Å². The molecular weight excluding hydrogens is 395 g/mol. The lowest BCUT2D eigenvalue weighted by molar-refractivity contribution is -0.384. The molecule has 2 aromatic carbocycles. The Morgan fingerprint density at radius 3 is 2.07 bits per heavy atom. The molecule has 0 aliphatic carbocycles. The van der Waals surface area contributed by atoms with E-state index in [1.54, 1.807) is 4.83 Å². The van der Waals surface area contributed by atoms with Crippen LogP contribution in [0.5, 0.6) is 5.75 Å². The van der Waals surface area contributed by atoms with Gasteiger partial charge in [0.2, 0.25) is 0 Å². The molecule has 0 spiro atoms. The monoisotopic (exact) mass is 405 g/mol. The Morgan fingerprint density at radius 2 is 1.59 bits per heavy atom. The number of nitro benzene ring substituents is 1. The van der Waals surface area contributed by atoms with Crippen molar-refractivity contribution in [1.82, 2.24) is 10.3 Å². The van der Waals surface area contributed by atoms with Crippen molar-refractivity contribution < 1.29 is 36.0 Å². The fraction of sp³-hybridized carbons (Fsp3) is 0.0714. The van der Waals surface area contributed by atoms with Gasteiger partial charge in [-0.1, -0.05) is 0 Å². The Bertz CT molecular complexity index is 944. The summed E-state index contributed by atoms with van der Waals surface area (Å²) in [4.78, 5) is 23.1. The van der Waals surface area contributed by atoms with Gasteiger partial charge < -0.3 is 4.74 Å². The van der Waals surface area contributed by atoms with E-state index in [-0.39, 0.29) is 11.3 Å². The molecule has 9 nitrogen and oxygen atoms in total. The van der Waals surface area contributed by atoms with Gasteiger partial charge in [0.1, 0.15) is 5.75 Å². The summed E-state index contributed by atoms with van der Waals surface area (Å²) < 4.78 is 63.9. The van der Waals surface area contributed by atoms with Gasteiger partial charge >= 0.3 is 6.36 Å². The molecule has 2 aromatic rings. The van der Waals surface area contributed by atoms with Crippen LogP contribution < -0.4 is 15.0 Å². The first kappa shape index (κ1) is 20.1. The van der Waals surface area contributed by atoms with Gasteiger partial charge in [0.15, 0.2) is 0 Å². The summed E-state index contributed by atoms with van der Waals surface area (Å²) in [6.45, 7) is 0. The smallest absolute Gasteiger partial charge is 0.406 e. The molecule has 0 fully saturated rings. The highest BCUT2D eigenvalue weighted by molar-refractivity contribution is 7.89. The van der Waals surface area contributed by atoms with E-state index in [9.17, 15) is 36.5 Å². The number of hydrazine groups is 1. The second-order valence-corrected chi connectivity index (χ2v) is 6.57. The molecule has 0 radical (unpaired) electrons. The van der Waals surface area contributed by atoms with E-state index in [1.807, 2.05) is 5.43 Å². The van der Waals surface area contributed by atoms with Gasteiger partial charge in [-0.05, 0) is 36.4 Å². The van der Waals surface area contributed by atoms with Crippen LogP contribution in [0, 0.1) is 10.1 Å². The highest BCUT2D eigenvalue weighted by atomic mass is 32.2. The van der Waals surface area contributed by atoms with Gasteiger partial charge in [0.05, 0.1) is 9.82 Å². The van der Waals surface area contributed by atoms with Crippen molar-refractivity contribution in [3.63, 3.8) is 0 Å². The number of benzene rings is 2. The van der Waals surface area contributed by atoms with Crippen LogP contribution in [0.15, 0.2) is 53.4 Å². The summed E-state index contributed by atoms with van der Waals surface area (Å²) >= 11 is 0. The average molecular weight is 405 g/mol. The minimum atomic E-state index is -4.92. The molecule has 27 heavy (non-hydrogen) atoms. The number of sulfonamides is 1. The molecule has 0 aliphatic rings. The maximum absolute atomic E-state index is 12.1. The van der Waals surface area contributed by atoms with Crippen LogP contribution in [0.3, 0.4) is 0 Å². The lowest BCUT2D eigenvalue weighted by Crippen LogP contribution is -2.41. The Labute approximate surface area is 149 Å². The molecule has 0 aliphatic heterocycles. The average Bonchev–Trinajstić information content (AvgIpc) is 2.59. The third-order valence-electron chi connectivity index (χ3n) is 3.01. The predicted molar refractivity (Wildman–Crippen MR) is 84.0 cm³/mol. The highest BCUT2D eigenvalue weighted by Crippen LogP contribution is 2.23. The number of halogens is 3. The number of nitrogens with one attached hydrogen (secondary N) is 2. The lowest BCUT2D eigenvalue weighted by Gasteiger charge is -2.11. The van der Waals surface area contributed by atoms with Crippen molar-refractivity contribution in [2.24, 2.45) is 0 Å². The SMILES string of the molecule is O=C(NNS(=O)(=O)c1ccc(OC(F)(F)F)cc1)c1ccc([N+](=O)[O-])cc1. The maximum Gasteiger partial charge on any atom is 0.573 e. The number of nitro groups is 1. The fourth-order valence-electron chi connectivity index (χ4n) is 1.80. The van der Waals surface area contributed by atoms with E-state index in [2.05, 4.69) is 4.74 Å². The van der Waals surface area contributed by atoms with Gasteiger partial charge in [-0.3, -0.25) is 20.3 Å². The molecule has 13 heteroatoms. The second-order valence-electron chi connectivity index (χ2n) is 4.88. The summed E-state index contributed by atoms with van der Waals surface area (Å²) in [6.07, 6.45) is -4.92. The number of amides is 1. The third-order valence-corrected chi connectivity index (χ3v) is 4.27. The number of non-ortho nitro benzene ring substituents is 1. The first-order valence-corrected chi connectivity index (χ1v) is 8.39. The first-order valence-electron chi connectivity index (χ1n) is 6.90. The van der Waals surface area contributed by atoms with Crippen molar-refractivity contribution in [1.29, 1.82) is 0 Å². The van der Waals surface area contributed by atoms with E-state index in [0.29, 0.717) is 0 Å². The van der Waals surface area contributed by atoms with Gasteiger partial charge in [0, 0.05) is 17.7 Å². The zero-order chi connectivity index (χ0) is 20.2. The van der Waals surface area contributed by atoms with Gasteiger partial charge in [-0.15, -0.1) is 18.0 Å². The highest BCUT2D eigenvalue weighted by Gasteiger charge is 2.31. The Kier molecular flexibility index (Phi) is 5.66. The van der Waals surface area contributed by atoms with Crippen molar-refractivity contribution in [3.05, 3.63) is 64.2 Å². The van der Waals surface area contributed by atoms with Gasteiger partial charge in [-0.25, -0.2) is 8.42 Å². The third kappa shape index (κ3) is 5.65. The standard InChI is InChI=1S/C14H10F3N3O6S/c15-14(16,17)26-11-5-7-12(8-6-11)27(24,25)19-18-13(21)9-1-3-10(4-2-9)20(22)23/h1-8,19H,(H,18,21). The summed E-state index contributed by atoms with van der Waals surface area (Å²) in [5.74, 6) is -1.51. The number of carbonyl (C=O) groups excluding carboxylic acids is 1. The molecule has 0 heterocycles. The molecule has 0 saturated heterocycles. The topological polar surface area (TPSA) is 128 Å². The van der Waals surface area contributed by atoms with E-state index in [1.165, 1.54) is 0 Å². The molecule has 2 rings (SSSR count).